The molecule has 2 aromatic heterocycles. The Labute approximate surface area is 160 Å². The van der Waals surface area contributed by atoms with Gasteiger partial charge in [-0.1, -0.05) is 41.4 Å². The van der Waals surface area contributed by atoms with Crippen LogP contribution in [0.15, 0.2) is 67.0 Å². The van der Waals surface area contributed by atoms with Gasteiger partial charge in [-0.2, -0.15) is 0 Å². The Morgan fingerprint density at radius 1 is 1.00 bits per heavy atom. The Hall–Kier alpha value is -2.69. The lowest BCUT2D eigenvalue weighted by Crippen LogP contribution is -1.97. The summed E-state index contributed by atoms with van der Waals surface area (Å²) >= 11 is 12.0. The van der Waals surface area contributed by atoms with Crippen molar-refractivity contribution >= 4 is 34.5 Å². The molecular weight excluding hydrogens is 369 g/mol. The Bertz CT molecular complexity index is 1090. The Balaban J connectivity index is 1.64. The number of benzene rings is 2. The van der Waals surface area contributed by atoms with E-state index in [2.05, 4.69) is 0 Å². The molecule has 0 aliphatic rings. The molecule has 4 rings (SSSR count). The lowest BCUT2D eigenvalue weighted by atomic mass is 10.1. The summed E-state index contributed by atoms with van der Waals surface area (Å²) in [6.07, 6.45) is 3.89. The first-order chi connectivity index (χ1) is 12.6. The summed E-state index contributed by atoms with van der Waals surface area (Å²) in [6, 6.07) is 16.9. The molecule has 0 unspecified atom stereocenters. The Kier molecular flexibility index (Phi) is 4.45. The highest BCUT2D eigenvalue weighted by molar-refractivity contribution is 6.42. The molecule has 2 N–H and O–H groups in total. The van der Waals surface area contributed by atoms with Crippen LogP contribution in [0.3, 0.4) is 0 Å². The highest BCUT2D eigenvalue weighted by Gasteiger charge is 2.10. The largest absolute Gasteiger partial charge is 0.485 e. The van der Waals surface area contributed by atoms with Gasteiger partial charge >= 0.3 is 0 Å². The number of pyridine rings is 1. The predicted molar refractivity (Wildman–Crippen MR) is 106 cm³/mol. The monoisotopic (exact) mass is 383 g/mol. The lowest BCUT2D eigenvalue weighted by molar-refractivity contribution is 0.308. The van der Waals surface area contributed by atoms with E-state index in [0.29, 0.717) is 28.1 Å². The van der Waals surface area contributed by atoms with E-state index in [1.54, 1.807) is 12.1 Å². The van der Waals surface area contributed by atoms with Crippen LogP contribution in [0.25, 0.3) is 16.9 Å². The minimum Gasteiger partial charge on any atom is -0.485 e. The van der Waals surface area contributed by atoms with Crippen molar-refractivity contribution in [1.29, 1.82) is 0 Å². The third kappa shape index (κ3) is 3.34. The standard InChI is InChI=1S/C20H15Cl2N3O/c21-16-7-6-13(9-17(16)22)12-26-19-5-2-8-25-11-18(24-20(19)25)14-3-1-4-15(23)10-14/h1-11H,12,23H2. The van der Waals surface area contributed by atoms with Crippen LogP contribution in [-0.2, 0) is 6.61 Å². The van der Waals surface area contributed by atoms with Crippen LogP contribution in [0.1, 0.15) is 5.56 Å². The van der Waals surface area contributed by atoms with Gasteiger partial charge in [0.25, 0.3) is 0 Å². The number of hydrogen-bond acceptors (Lipinski definition) is 3. The van der Waals surface area contributed by atoms with Crippen molar-refractivity contribution in [2.75, 3.05) is 5.73 Å². The van der Waals surface area contributed by atoms with Crippen LogP contribution in [0.2, 0.25) is 10.0 Å². The van der Waals surface area contributed by atoms with Gasteiger partial charge in [-0.05, 0) is 42.0 Å². The molecule has 0 saturated carbocycles. The van der Waals surface area contributed by atoms with Crippen LogP contribution < -0.4 is 10.5 Å². The number of anilines is 1. The number of fused-ring (bicyclic) bond motifs is 1. The van der Waals surface area contributed by atoms with Gasteiger partial charge in [-0.25, -0.2) is 4.98 Å². The zero-order chi connectivity index (χ0) is 18.1. The molecule has 2 heterocycles. The minimum atomic E-state index is 0.372. The first kappa shape index (κ1) is 16.8. The summed E-state index contributed by atoms with van der Waals surface area (Å²) < 4.78 is 7.90. The molecule has 130 valence electrons. The molecule has 0 atom stereocenters. The van der Waals surface area contributed by atoms with Crippen molar-refractivity contribution in [3.8, 4) is 17.0 Å². The van der Waals surface area contributed by atoms with Crippen LogP contribution in [0, 0.1) is 0 Å². The fourth-order valence-corrected chi connectivity index (χ4v) is 3.05. The van der Waals surface area contributed by atoms with E-state index < -0.39 is 0 Å². The van der Waals surface area contributed by atoms with E-state index in [-0.39, 0.29) is 0 Å². The number of rotatable bonds is 4. The maximum absolute atomic E-state index is 6.06. The average Bonchev–Trinajstić information content (AvgIpc) is 3.07. The quantitative estimate of drug-likeness (QED) is 0.475. The Morgan fingerprint density at radius 2 is 1.88 bits per heavy atom. The highest BCUT2D eigenvalue weighted by atomic mass is 35.5. The summed E-state index contributed by atoms with van der Waals surface area (Å²) in [5.74, 6) is 0.689. The Morgan fingerprint density at radius 3 is 2.69 bits per heavy atom. The number of nitrogen functional groups attached to an aromatic ring is 1. The fraction of sp³-hybridized carbons (Fsp3) is 0.0500. The van der Waals surface area contributed by atoms with Crippen molar-refractivity contribution in [2.24, 2.45) is 0 Å². The van der Waals surface area contributed by atoms with Crippen LogP contribution >= 0.6 is 23.2 Å². The lowest BCUT2D eigenvalue weighted by Gasteiger charge is -2.08. The fourth-order valence-electron chi connectivity index (χ4n) is 2.73. The normalized spacial score (nSPS) is 11.0. The van der Waals surface area contributed by atoms with Gasteiger partial charge in [-0.15, -0.1) is 0 Å². The average molecular weight is 384 g/mol. The smallest absolute Gasteiger partial charge is 0.180 e. The van der Waals surface area contributed by atoms with E-state index in [1.807, 2.05) is 59.3 Å². The molecule has 6 heteroatoms. The molecule has 0 saturated heterocycles. The predicted octanol–water partition coefficient (Wildman–Crippen LogP) is 5.47. The molecule has 0 aliphatic heterocycles. The van der Waals surface area contributed by atoms with E-state index in [0.717, 1.165) is 22.5 Å². The van der Waals surface area contributed by atoms with Gasteiger partial charge in [0.2, 0.25) is 0 Å². The number of aromatic nitrogens is 2. The van der Waals surface area contributed by atoms with Gasteiger partial charge in [-0.3, -0.25) is 0 Å². The highest BCUT2D eigenvalue weighted by Crippen LogP contribution is 2.27. The third-order valence-corrected chi connectivity index (χ3v) is 4.75. The zero-order valence-corrected chi connectivity index (χ0v) is 15.2. The topological polar surface area (TPSA) is 52.5 Å². The van der Waals surface area contributed by atoms with Crippen molar-refractivity contribution in [1.82, 2.24) is 9.38 Å². The number of imidazole rings is 1. The van der Waals surface area contributed by atoms with E-state index in [9.17, 15) is 0 Å². The molecule has 0 radical (unpaired) electrons. The van der Waals surface area contributed by atoms with Gasteiger partial charge in [0, 0.05) is 23.6 Å². The van der Waals surface area contributed by atoms with Gasteiger partial charge in [0.15, 0.2) is 11.4 Å². The second-order valence-electron chi connectivity index (χ2n) is 5.89. The molecule has 4 nitrogen and oxygen atoms in total. The molecular formula is C20H15Cl2N3O. The van der Waals surface area contributed by atoms with Crippen molar-refractivity contribution < 1.29 is 4.74 Å². The minimum absolute atomic E-state index is 0.372. The molecule has 0 fully saturated rings. The summed E-state index contributed by atoms with van der Waals surface area (Å²) in [6.45, 7) is 0.372. The maximum Gasteiger partial charge on any atom is 0.180 e. The van der Waals surface area contributed by atoms with Crippen molar-refractivity contribution in [3.05, 3.63) is 82.6 Å². The number of ether oxygens (including phenoxy) is 1. The number of nitrogens with zero attached hydrogens (tertiary/aromatic N) is 2. The number of halogens is 2. The SMILES string of the molecule is Nc1cccc(-c2cn3cccc(OCc4ccc(Cl)c(Cl)c4)c3n2)c1. The first-order valence-corrected chi connectivity index (χ1v) is 8.76. The summed E-state index contributed by atoms with van der Waals surface area (Å²) in [4.78, 5) is 4.70. The summed E-state index contributed by atoms with van der Waals surface area (Å²) in [5.41, 5.74) is 10.1. The maximum atomic E-state index is 6.06. The molecule has 0 amide bonds. The van der Waals surface area contributed by atoms with E-state index in [4.69, 9.17) is 38.7 Å². The van der Waals surface area contributed by atoms with Crippen molar-refractivity contribution in [3.63, 3.8) is 0 Å². The number of nitrogens with two attached hydrogens (primary N) is 1. The molecule has 26 heavy (non-hydrogen) atoms. The van der Waals surface area contributed by atoms with E-state index in [1.165, 1.54) is 0 Å². The molecule has 0 aliphatic carbocycles. The molecule has 0 spiro atoms. The second-order valence-corrected chi connectivity index (χ2v) is 6.71. The van der Waals surface area contributed by atoms with Gasteiger partial charge < -0.3 is 14.9 Å². The second kappa shape index (κ2) is 6.90. The summed E-state index contributed by atoms with van der Waals surface area (Å²) in [5, 5.41) is 1.04. The summed E-state index contributed by atoms with van der Waals surface area (Å²) in [7, 11) is 0. The van der Waals surface area contributed by atoms with Gasteiger partial charge in [0.05, 0.1) is 15.7 Å². The van der Waals surface area contributed by atoms with Crippen molar-refractivity contribution in [2.45, 2.75) is 6.61 Å². The molecule has 4 aromatic rings. The zero-order valence-electron chi connectivity index (χ0n) is 13.7. The first-order valence-electron chi connectivity index (χ1n) is 8.00. The third-order valence-electron chi connectivity index (χ3n) is 4.01. The molecule has 0 bridgehead atoms. The number of hydrogen-bond donors (Lipinski definition) is 1. The van der Waals surface area contributed by atoms with Crippen LogP contribution in [-0.4, -0.2) is 9.38 Å². The van der Waals surface area contributed by atoms with E-state index >= 15 is 0 Å². The van der Waals surface area contributed by atoms with Gasteiger partial charge in [0.1, 0.15) is 6.61 Å². The van der Waals surface area contributed by atoms with Crippen LogP contribution in [0.4, 0.5) is 5.69 Å². The molecule has 2 aromatic carbocycles. The van der Waals surface area contributed by atoms with Crippen LogP contribution in [0.5, 0.6) is 5.75 Å².